The summed E-state index contributed by atoms with van der Waals surface area (Å²) in [5.41, 5.74) is 4.92. The Balaban J connectivity index is 1.26. The zero-order valence-electron chi connectivity index (χ0n) is 17.8. The molecule has 0 aromatic carbocycles. The first-order valence-electron chi connectivity index (χ1n) is 11.5. The predicted octanol–water partition coefficient (Wildman–Crippen LogP) is 0.806. The molecule has 176 valence electrons. The van der Waals surface area contributed by atoms with Gasteiger partial charge in [0.15, 0.2) is 0 Å². The largest absolute Gasteiger partial charge is 0.391 e. The van der Waals surface area contributed by atoms with Gasteiger partial charge in [0.2, 0.25) is 11.8 Å². The van der Waals surface area contributed by atoms with Gasteiger partial charge in [-0.15, -0.1) is 11.6 Å². The van der Waals surface area contributed by atoms with Crippen molar-refractivity contribution in [3.05, 3.63) is 0 Å². The first-order chi connectivity index (χ1) is 14.8. The summed E-state index contributed by atoms with van der Waals surface area (Å²) >= 11 is 5.90. The standard InChI is InChI=1S/C21H34ClFN4O4/c22-14-4-3-13(10-15(14)23)31-12-18(29)25-20-5-7-21(8-6-20,17(28)11-20)26-19(30)16-2-1-9-24-27-16/h13-17,24,27-28H,1-12H2,(H,25,29)(H,26,30). The van der Waals surface area contributed by atoms with Crippen molar-refractivity contribution < 1.29 is 23.8 Å². The highest BCUT2D eigenvalue weighted by atomic mass is 35.5. The van der Waals surface area contributed by atoms with E-state index in [1.165, 1.54) is 0 Å². The number of ether oxygens (including phenoxy) is 1. The number of carbonyl (C=O) groups is 2. The maximum absolute atomic E-state index is 13.8. The topological polar surface area (TPSA) is 112 Å². The Kier molecular flexibility index (Phi) is 7.08. The molecule has 0 aromatic heterocycles. The molecule has 5 N–H and O–H groups in total. The van der Waals surface area contributed by atoms with Crippen LogP contribution in [-0.2, 0) is 14.3 Å². The lowest BCUT2D eigenvalue weighted by atomic mass is 9.59. The lowest BCUT2D eigenvalue weighted by Crippen LogP contribution is -2.71. The van der Waals surface area contributed by atoms with E-state index in [1.54, 1.807) is 0 Å². The lowest BCUT2D eigenvalue weighted by Gasteiger charge is -2.56. The van der Waals surface area contributed by atoms with E-state index in [1.807, 2.05) is 0 Å². The van der Waals surface area contributed by atoms with Crippen LogP contribution < -0.4 is 21.5 Å². The Morgan fingerprint density at radius 1 is 1.16 bits per heavy atom. The number of carbonyl (C=O) groups excluding carboxylic acids is 2. The summed E-state index contributed by atoms with van der Waals surface area (Å²) in [6.45, 7) is 0.718. The quantitative estimate of drug-likeness (QED) is 0.375. The Labute approximate surface area is 187 Å². The van der Waals surface area contributed by atoms with Crippen LogP contribution in [0.25, 0.3) is 0 Å². The van der Waals surface area contributed by atoms with Crippen LogP contribution in [0.15, 0.2) is 0 Å². The SMILES string of the molecule is O=C(COC1CCC(Cl)C(F)C1)NC12CCC(NC(=O)C3CCCNN3)(CC1)C(O)C2. The summed E-state index contributed by atoms with van der Waals surface area (Å²) in [7, 11) is 0. The number of nitrogens with one attached hydrogen (secondary N) is 4. The zero-order valence-corrected chi connectivity index (χ0v) is 18.6. The molecule has 31 heavy (non-hydrogen) atoms. The molecule has 1 saturated heterocycles. The van der Waals surface area contributed by atoms with Gasteiger partial charge >= 0.3 is 0 Å². The number of hydrogen-bond donors (Lipinski definition) is 5. The lowest BCUT2D eigenvalue weighted by molar-refractivity contribution is -0.140. The van der Waals surface area contributed by atoms with E-state index < -0.39 is 28.7 Å². The molecular weight excluding hydrogens is 427 g/mol. The smallest absolute Gasteiger partial charge is 0.246 e. The van der Waals surface area contributed by atoms with Crippen LogP contribution in [-0.4, -0.2) is 70.9 Å². The van der Waals surface area contributed by atoms with E-state index in [-0.39, 0.29) is 37.0 Å². The maximum atomic E-state index is 13.8. The molecule has 5 atom stereocenters. The molecular formula is C21H34ClFN4O4. The molecule has 5 aliphatic rings. The van der Waals surface area contributed by atoms with Crippen LogP contribution in [0.5, 0.6) is 0 Å². The van der Waals surface area contributed by atoms with Gasteiger partial charge in [-0.1, -0.05) is 0 Å². The first-order valence-corrected chi connectivity index (χ1v) is 11.9. The second kappa shape index (κ2) is 9.47. The number of alkyl halides is 2. The summed E-state index contributed by atoms with van der Waals surface area (Å²) in [5, 5.41) is 16.6. The third-order valence-electron chi connectivity index (χ3n) is 7.58. The van der Waals surface area contributed by atoms with E-state index in [4.69, 9.17) is 16.3 Å². The number of halogens is 2. The number of hydrazine groups is 1. The highest BCUT2D eigenvalue weighted by Gasteiger charge is 2.55. The van der Waals surface area contributed by atoms with Crippen molar-refractivity contribution in [3.8, 4) is 0 Å². The van der Waals surface area contributed by atoms with Gasteiger partial charge in [0, 0.05) is 18.5 Å². The van der Waals surface area contributed by atoms with E-state index in [0.29, 0.717) is 44.9 Å². The number of rotatable bonds is 6. The molecule has 1 heterocycles. The molecule has 10 heteroatoms. The van der Waals surface area contributed by atoms with Gasteiger partial charge in [0.25, 0.3) is 0 Å². The minimum Gasteiger partial charge on any atom is -0.391 e. The minimum atomic E-state index is -1.10. The van der Waals surface area contributed by atoms with Crippen LogP contribution in [0.3, 0.4) is 0 Å². The predicted molar refractivity (Wildman–Crippen MR) is 113 cm³/mol. The molecule has 5 unspecified atom stereocenters. The first kappa shape index (κ1) is 23.2. The normalized spacial score (nSPS) is 42.7. The second-order valence-corrected chi connectivity index (χ2v) is 10.3. The van der Waals surface area contributed by atoms with Crippen LogP contribution in [0.1, 0.15) is 64.2 Å². The van der Waals surface area contributed by atoms with Crippen molar-refractivity contribution in [1.29, 1.82) is 0 Å². The number of amides is 2. The molecule has 0 radical (unpaired) electrons. The maximum Gasteiger partial charge on any atom is 0.246 e. The number of hydrogen-bond acceptors (Lipinski definition) is 6. The molecule has 1 aliphatic heterocycles. The molecule has 0 aromatic rings. The van der Waals surface area contributed by atoms with Crippen LogP contribution in [0.2, 0.25) is 0 Å². The fourth-order valence-electron chi connectivity index (χ4n) is 5.57. The summed E-state index contributed by atoms with van der Waals surface area (Å²) in [5.74, 6) is -0.331. The average molecular weight is 461 g/mol. The van der Waals surface area contributed by atoms with Crippen LogP contribution in [0, 0.1) is 0 Å². The summed E-state index contributed by atoms with van der Waals surface area (Å²) in [6, 6.07) is -0.293. The van der Waals surface area contributed by atoms with Gasteiger partial charge in [-0.05, 0) is 57.8 Å². The number of fused-ring (bicyclic) bond motifs is 3. The van der Waals surface area contributed by atoms with Crippen molar-refractivity contribution in [3.63, 3.8) is 0 Å². The van der Waals surface area contributed by atoms with Crippen molar-refractivity contribution in [2.45, 2.75) is 105 Å². The minimum absolute atomic E-state index is 0.0871. The van der Waals surface area contributed by atoms with Gasteiger partial charge in [-0.3, -0.25) is 15.0 Å². The van der Waals surface area contributed by atoms with E-state index in [0.717, 1.165) is 19.4 Å². The van der Waals surface area contributed by atoms with Gasteiger partial charge in [-0.25, -0.2) is 9.82 Å². The molecule has 4 aliphatic carbocycles. The van der Waals surface area contributed by atoms with E-state index in [9.17, 15) is 19.1 Å². The van der Waals surface area contributed by atoms with Crippen molar-refractivity contribution in [1.82, 2.24) is 21.5 Å². The van der Waals surface area contributed by atoms with Crippen molar-refractivity contribution in [2.24, 2.45) is 0 Å². The summed E-state index contributed by atoms with van der Waals surface area (Å²) in [4.78, 5) is 25.2. The summed E-state index contributed by atoms with van der Waals surface area (Å²) < 4.78 is 19.4. The Bertz CT molecular complexity index is 670. The van der Waals surface area contributed by atoms with Crippen LogP contribution in [0.4, 0.5) is 4.39 Å². The highest BCUT2D eigenvalue weighted by molar-refractivity contribution is 6.21. The molecule has 8 nitrogen and oxygen atoms in total. The third kappa shape index (κ3) is 5.16. The average Bonchev–Trinajstić information content (AvgIpc) is 2.76. The fraction of sp³-hybridized carbons (Fsp3) is 0.905. The zero-order chi connectivity index (χ0) is 22.1. The van der Waals surface area contributed by atoms with Gasteiger partial charge in [0.05, 0.1) is 29.2 Å². The van der Waals surface area contributed by atoms with Crippen molar-refractivity contribution >= 4 is 23.4 Å². The molecule has 2 amide bonds. The summed E-state index contributed by atoms with van der Waals surface area (Å²) in [6.07, 6.45) is 4.02. The number of aliphatic hydroxyl groups excluding tert-OH is 1. The van der Waals surface area contributed by atoms with Gasteiger partial charge < -0.3 is 20.5 Å². The Morgan fingerprint density at radius 2 is 1.94 bits per heavy atom. The van der Waals surface area contributed by atoms with E-state index >= 15 is 0 Å². The van der Waals surface area contributed by atoms with E-state index in [2.05, 4.69) is 21.5 Å². The third-order valence-corrected chi connectivity index (χ3v) is 8.07. The highest BCUT2D eigenvalue weighted by Crippen LogP contribution is 2.47. The molecule has 4 saturated carbocycles. The Hall–Kier alpha value is -1.00. The Morgan fingerprint density at radius 3 is 2.58 bits per heavy atom. The van der Waals surface area contributed by atoms with Crippen molar-refractivity contribution in [2.75, 3.05) is 13.2 Å². The monoisotopic (exact) mass is 460 g/mol. The van der Waals surface area contributed by atoms with Crippen LogP contribution >= 0.6 is 11.6 Å². The fourth-order valence-corrected chi connectivity index (χ4v) is 5.80. The molecule has 2 bridgehead atoms. The van der Waals surface area contributed by atoms with Gasteiger partial charge in [0.1, 0.15) is 12.8 Å². The molecule has 0 spiro atoms. The second-order valence-electron chi connectivity index (χ2n) is 9.74. The molecule has 5 rings (SSSR count). The van der Waals surface area contributed by atoms with Gasteiger partial charge in [-0.2, -0.15) is 0 Å². The molecule has 5 fully saturated rings. The number of aliphatic hydroxyl groups is 1.